The van der Waals surface area contributed by atoms with E-state index in [4.69, 9.17) is 9.47 Å². The largest absolute Gasteiger partial charge is 0.493 e. The van der Waals surface area contributed by atoms with Gasteiger partial charge in [0.05, 0.1) is 28.9 Å². The fraction of sp³-hybridized carbons (Fsp3) is 0.217. The lowest BCUT2D eigenvalue weighted by atomic mass is 9.91. The zero-order chi connectivity index (χ0) is 20.5. The molecule has 0 saturated heterocycles. The Balaban J connectivity index is 1.31. The molecule has 2 atom stereocenters. The van der Waals surface area contributed by atoms with Gasteiger partial charge >= 0.3 is 0 Å². The van der Waals surface area contributed by atoms with Gasteiger partial charge in [-0.25, -0.2) is 14.4 Å². The van der Waals surface area contributed by atoms with Crippen LogP contribution in [0.4, 0.5) is 4.39 Å². The average Bonchev–Trinajstić information content (AvgIpc) is 3.27. The topological polar surface area (TPSA) is 64.5 Å². The summed E-state index contributed by atoms with van der Waals surface area (Å²) in [6, 6.07) is 13.6. The number of aliphatic hydroxyl groups is 1. The summed E-state index contributed by atoms with van der Waals surface area (Å²) in [5, 5.41) is 14.5. The normalized spacial score (nSPS) is 18.1. The number of halogens is 1. The number of fused-ring (bicyclic) bond motifs is 2. The Hall–Kier alpha value is -3.03. The summed E-state index contributed by atoms with van der Waals surface area (Å²) in [4.78, 5) is 8.82. The molecule has 0 bridgehead atoms. The Bertz CT molecular complexity index is 1180. The van der Waals surface area contributed by atoms with Gasteiger partial charge in [-0.15, -0.1) is 11.3 Å². The maximum absolute atomic E-state index is 13.3. The first-order valence-electron chi connectivity index (χ1n) is 9.67. The highest BCUT2D eigenvalue weighted by Gasteiger charge is 2.30. The quantitative estimate of drug-likeness (QED) is 0.505. The molecule has 4 aromatic rings. The summed E-state index contributed by atoms with van der Waals surface area (Å²) in [5.41, 5.74) is 2.18. The highest BCUT2D eigenvalue weighted by atomic mass is 32.1. The van der Waals surface area contributed by atoms with Gasteiger partial charge in [0, 0.05) is 34.9 Å². The Morgan fingerprint density at radius 2 is 2.10 bits per heavy atom. The molecule has 5 nitrogen and oxygen atoms in total. The minimum absolute atomic E-state index is 0.0542. The molecule has 2 aromatic carbocycles. The molecule has 3 heterocycles. The van der Waals surface area contributed by atoms with Crippen LogP contribution in [-0.4, -0.2) is 21.7 Å². The van der Waals surface area contributed by atoms with Crippen LogP contribution in [0.3, 0.4) is 0 Å². The molecule has 1 aliphatic rings. The van der Waals surface area contributed by atoms with Crippen molar-refractivity contribution in [3.63, 3.8) is 0 Å². The van der Waals surface area contributed by atoms with Gasteiger partial charge in [0.1, 0.15) is 23.9 Å². The molecule has 0 spiro atoms. The Labute approximate surface area is 176 Å². The van der Waals surface area contributed by atoms with Crippen LogP contribution in [0.2, 0.25) is 0 Å². The number of hydrogen-bond donors (Lipinski definition) is 1. The number of thiazole rings is 1. The lowest BCUT2D eigenvalue weighted by Gasteiger charge is -2.30. The first kappa shape index (κ1) is 19.0. The van der Waals surface area contributed by atoms with E-state index in [1.54, 1.807) is 23.6 Å². The van der Waals surface area contributed by atoms with Crippen LogP contribution in [0.25, 0.3) is 10.9 Å². The zero-order valence-electron chi connectivity index (χ0n) is 16.0. The molecule has 7 heteroatoms. The first-order valence-corrected chi connectivity index (χ1v) is 10.5. The lowest BCUT2D eigenvalue weighted by Crippen LogP contribution is -2.27. The third-order valence-corrected chi connectivity index (χ3v) is 6.02. The SMILES string of the molecule is O[C@H]1c2cc(OCc3ccc4cc(F)ccc4n3)ccc2OC[C@@H]1Cc1nccs1. The van der Waals surface area contributed by atoms with E-state index < -0.39 is 6.10 Å². The number of aliphatic hydroxyl groups excluding tert-OH is 1. The van der Waals surface area contributed by atoms with Crippen molar-refractivity contribution in [1.29, 1.82) is 0 Å². The molecule has 0 aliphatic carbocycles. The summed E-state index contributed by atoms with van der Waals surface area (Å²) < 4.78 is 25.1. The van der Waals surface area contributed by atoms with Gasteiger partial charge in [0.2, 0.25) is 0 Å². The zero-order valence-corrected chi connectivity index (χ0v) is 16.8. The second-order valence-corrected chi connectivity index (χ2v) is 8.25. The molecule has 1 N–H and O–H groups in total. The summed E-state index contributed by atoms with van der Waals surface area (Å²) in [6.07, 6.45) is 1.80. The van der Waals surface area contributed by atoms with Crippen LogP contribution in [0.1, 0.15) is 22.4 Å². The second-order valence-electron chi connectivity index (χ2n) is 7.27. The highest BCUT2D eigenvalue weighted by molar-refractivity contribution is 7.09. The molecule has 30 heavy (non-hydrogen) atoms. The Morgan fingerprint density at radius 3 is 2.97 bits per heavy atom. The number of ether oxygens (including phenoxy) is 2. The van der Waals surface area contributed by atoms with Gasteiger partial charge < -0.3 is 14.6 Å². The predicted molar refractivity (Wildman–Crippen MR) is 112 cm³/mol. The first-order chi connectivity index (χ1) is 14.7. The van der Waals surface area contributed by atoms with E-state index in [9.17, 15) is 9.50 Å². The van der Waals surface area contributed by atoms with Crippen molar-refractivity contribution in [2.75, 3.05) is 6.61 Å². The number of rotatable bonds is 5. The molecule has 0 amide bonds. The number of benzene rings is 2. The summed E-state index contributed by atoms with van der Waals surface area (Å²) in [6.45, 7) is 0.723. The smallest absolute Gasteiger partial charge is 0.130 e. The monoisotopic (exact) mass is 422 g/mol. The van der Waals surface area contributed by atoms with E-state index >= 15 is 0 Å². The maximum atomic E-state index is 13.3. The fourth-order valence-corrected chi connectivity index (χ4v) is 4.36. The molecule has 2 aromatic heterocycles. The minimum Gasteiger partial charge on any atom is -0.493 e. The predicted octanol–water partition coefficient (Wildman–Crippen LogP) is 4.69. The van der Waals surface area contributed by atoms with Crippen molar-refractivity contribution < 1.29 is 19.0 Å². The van der Waals surface area contributed by atoms with Gasteiger partial charge in [-0.1, -0.05) is 6.07 Å². The molecule has 0 saturated carbocycles. The van der Waals surface area contributed by atoms with Crippen LogP contribution in [0, 0.1) is 11.7 Å². The number of pyridine rings is 1. The van der Waals surface area contributed by atoms with Gasteiger partial charge in [0.25, 0.3) is 0 Å². The van der Waals surface area contributed by atoms with Crippen molar-refractivity contribution in [3.05, 3.63) is 82.2 Å². The second kappa shape index (κ2) is 8.01. The molecule has 5 rings (SSSR count). The molecular formula is C23H19FN2O3S. The highest BCUT2D eigenvalue weighted by Crippen LogP contribution is 2.39. The van der Waals surface area contributed by atoms with Gasteiger partial charge in [-0.2, -0.15) is 0 Å². The van der Waals surface area contributed by atoms with E-state index in [1.807, 2.05) is 35.7 Å². The van der Waals surface area contributed by atoms with E-state index in [0.717, 1.165) is 27.2 Å². The van der Waals surface area contributed by atoms with Gasteiger partial charge in [0.15, 0.2) is 0 Å². The summed E-state index contributed by atoms with van der Waals surface area (Å²) in [7, 11) is 0. The molecule has 0 fully saturated rings. The van der Waals surface area contributed by atoms with Crippen molar-refractivity contribution in [3.8, 4) is 11.5 Å². The number of hydrogen-bond acceptors (Lipinski definition) is 6. The molecular weight excluding hydrogens is 403 g/mol. The van der Waals surface area contributed by atoms with Crippen LogP contribution in [0.15, 0.2) is 60.1 Å². The fourth-order valence-electron chi connectivity index (χ4n) is 3.65. The third kappa shape index (κ3) is 3.86. The van der Waals surface area contributed by atoms with Crippen LogP contribution in [-0.2, 0) is 13.0 Å². The lowest BCUT2D eigenvalue weighted by molar-refractivity contribution is 0.0504. The third-order valence-electron chi connectivity index (χ3n) is 5.22. The van der Waals surface area contributed by atoms with E-state index in [-0.39, 0.29) is 18.3 Å². The molecule has 1 aliphatic heterocycles. The summed E-state index contributed by atoms with van der Waals surface area (Å²) in [5.74, 6) is 0.973. The van der Waals surface area contributed by atoms with E-state index in [1.165, 1.54) is 12.1 Å². The summed E-state index contributed by atoms with van der Waals surface area (Å²) >= 11 is 1.58. The number of aromatic nitrogens is 2. The van der Waals surface area contributed by atoms with Crippen molar-refractivity contribution >= 4 is 22.2 Å². The van der Waals surface area contributed by atoms with Crippen molar-refractivity contribution in [1.82, 2.24) is 9.97 Å². The van der Waals surface area contributed by atoms with Crippen LogP contribution in [0.5, 0.6) is 11.5 Å². The number of nitrogens with zero attached hydrogens (tertiary/aromatic N) is 2. The molecule has 0 unspecified atom stereocenters. The minimum atomic E-state index is -0.644. The van der Waals surface area contributed by atoms with E-state index in [0.29, 0.717) is 24.5 Å². The Morgan fingerprint density at radius 1 is 1.17 bits per heavy atom. The Kier molecular flexibility index (Phi) is 5.06. The van der Waals surface area contributed by atoms with Gasteiger partial charge in [-0.3, -0.25) is 0 Å². The average molecular weight is 422 g/mol. The van der Waals surface area contributed by atoms with Crippen LogP contribution < -0.4 is 9.47 Å². The maximum Gasteiger partial charge on any atom is 0.130 e. The van der Waals surface area contributed by atoms with Crippen molar-refractivity contribution in [2.24, 2.45) is 5.92 Å². The standard InChI is InChI=1S/C23H19FN2O3S/c24-16-2-5-20-14(9-16)1-3-17(26-20)13-28-18-4-6-21-19(11-18)23(27)15(12-29-21)10-22-25-7-8-30-22/h1-9,11,15,23,27H,10,12-13H2/t15-,23+/m0/s1. The van der Waals surface area contributed by atoms with Crippen LogP contribution >= 0.6 is 11.3 Å². The molecule has 0 radical (unpaired) electrons. The molecule has 152 valence electrons. The van der Waals surface area contributed by atoms with Crippen molar-refractivity contribution in [2.45, 2.75) is 19.1 Å². The van der Waals surface area contributed by atoms with E-state index in [2.05, 4.69) is 9.97 Å². The van der Waals surface area contributed by atoms with Gasteiger partial charge in [-0.05, 0) is 42.5 Å².